The van der Waals surface area contributed by atoms with Crippen LogP contribution in [0.25, 0.3) is 0 Å². The van der Waals surface area contributed by atoms with E-state index in [1.54, 1.807) is 0 Å². The average molecular weight is 388 g/mol. The summed E-state index contributed by atoms with van der Waals surface area (Å²) >= 11 is 0. The molecule has 0 aromatic heterocycles. The third kappa shape index (κ3) is 3.13. The Hall–Kier alpha value is -0.920. The van der Waals surface area contributed by atoms with E-state index in [0.717, 1.165) is 0 Å². The number of halogens is 12. The van der Waals surface area contributed by atoms with Gasteiger partial charge in [-0.25, -0.2) is 0 Å². The molecule has 0 amide bonds. The third-order valence-corrected chi connectivity index (χ3v) is 3.04. The third-order valence-electron chi connectivity index (χ3n) is 3.04. The Balaban J connectivity index is 6.20. The molecule has 0 aromatic rings. The van der Waals surface area contributed by atoms with Gasteiger partial charge in [0.25, 0.3) is 0 Å². The van der Waals surface area contributed by atoms with Crippen molar-refractivity contribution >= 4 is 0 Å². The standard InChI is InChI=1S/C10H12F12N2/c1-2-5(11,12)7(15,16)9(19,20)10(21,22)8(17,18)6(13,14)3-4(23)24/h4H,2-3,23-24H2,1H3. The number of alkyl halides is 12. The van der Waals surface area contributed by atoms with Gasteiger partial charge in [-0.2, -0.15) is 52.7 Å². The minimum absolute atomic E-state index is 0.169. The van der Waals surface area contributed by atoms with Crippen molar-refractivity contribution in [2.75, 3.05) is 0 Å². The fraction of sp³-hybridized carbons (Fsp3) is 1.00. The molecule has 0 saturated carbocycles. The maximum Gasteiger partial charge on any atom is 0.384 e. The Labute approximate surface area is 127 Å². The summed E-state index contributed by atoms with van der Waals surface area (Å²) in [6, 6.07) is 0. The lowest BCUT2D eigenvalue weighted by Gasteiger charge is -2.41. The molecular weight excluding hydrogens is 376 g/mol. The first-order chi connectivity index (χ1) is 10.2. The first-order valence-electron chi connectivity index (χ1n) is 6.01. The topological polar surface area (TPSA) is 52.0 Å². The van der Waals surface area contributed by atoms with Gasteiger partial charge in [-0.05, 0) is 0 Å². The van der Waals surface area contributed by atoms with Crippen LogP contribution in [0, 0.1) is 0 Å². The molecule has 24 heavy (non-hydrogen) atoms. The van der Waals surface area contributed by atoms with Crippen LogP contribution in [0.2, 0.25) is 0 Å². The summed E-state index contributed by atoms with van der Waals surface area (Å²) < 4.78 is 157. The van der Waals surface area contributed by atoms with Gasteiger partial charge in [0.1, 0.15) is 0 Å². The largest absolute Gasteiger partial charge is 0.384 e. The van der Waals surface area contributed by atoms with Gasteiger partial charge >= 0.3 is 35.5 Å². The van der Waals surface area contributed by atoms with Crippen LogP contribution < -0.4 is 11.5 Å². The van der Waals surface area contributed by atoms with Crippen molar-refractivity contribution in [2.45, 2.75) is 61.5 Å². The van der Waals surface area contributed by atoms with E-state index < -0.39 is 54.5 Å². The molecule has 0 heterocycles. The fourth-order valence-electron chi connectivity index (χ4n) is 1.50. The first-order valence-corrected chi connectivity index (χ1v) is 6.01. The highest BCUT2D eigenvalue weighted by Crippen LogP contribution is 2.60. The normalized spacial score (nSPS) is 16.0. The number of rotatable bonds is 8. The van der Waals surface area contributed by atoms with E-state index in [4.69, 9.17) is 0 Å². The van der Waals surface area contributed by atoms with E-state index in [2.05, 4.69) is 11.5 Å². The zero-order valence-electron chi connectivity index (χ0n) is 11.7. The lowest BCUT2D eigenvalue weighted by atomic mass is 9.89. The molecule has 0 bridgehead atoms. The quantitative estimate of drug-likeness (QED) is 0.491. The molecule has 146 valence electrons. The average Bonchev–Trinajstić information content (AvgIpc) is 2.35. The number of hydrogen-bond acceptors (Lipinski definition) is 2. The summed E-state index contributed by atoms with van der Waals surface area (Å²) in [6.07, 6.45) is -7.06. The smallest absolute Gasteiger partial charge is 0.316 e. The molecule has 4 N–H and O–H groups in total. The summed E-state index contributed by atoms with van der Waals surface area (Å²) in [6.45, 7) is 0.169. The lowest BCUT2D eigenvalue weighted by molar-refractivity contribution is -0.425. The van der Waals surface area contributed by atoms with Crippen molar-refractivity contribution in [2.24, 2.45) is 11.5 Å². The van der Waals surface area contributed by atoms with E-state index in [-0.39, 0.29) is 6.92 Å². The molecule has 14 heteroatoms. The van der Waals surface area contributed by atoms with Crippen molar-refractivity contribution in [3.63, 3.8) is 0 Å². The summed E-state index contributed by atoms with van der Waals surface area (Å²) in [5.41, 5.74) is 8.94. The lowest BCUT2D eigenvalue weighted by Crippen LogP contribution is -2.71. The Morgan fingerprint density at radius 2 is 0.875 bits per heavy atom. The van der Waals surface area contributed by atoms with Crippen LogP contribution >= 0.6 is 0 Å². The van der Waals surface area contributed by atoms with Crippen LogP contribution in [-0.2, 0) is 0 Å². The molecule has 0 fully saturated rings. The highest BCUT2D eigenvalue weighted by Gasteiger charge is 2.89. The van der Waals surface area contributed by atoms with Gasteiger partial charge in [0.2, 0.25) is 0 Å². The van der Waals surface area contributed by atoms with Crippen LogP contribution in [-0.4, -0.2) is 41.7 Å². The molecule has 0 atom stereocenters. The highest BCUT2D eigenvalue weighted by atomic mass is 19.4. The van der Waals surface area contributed by atoms with Gasteiger partial charge in [-0.15, -0.1) is 0 Å². The van der Waals surface area contributed by atoms with Gasteiger partial charge in [0.05, 0.1) is 6.17 Å². The summed E-state index contributed by atoms with van der Waals surface area (Å²) in [5.74, 6) is -41.3. The van der Waals surface area contributed by atoms with E-state index in [1.165, 1.54) is 0 Å². The molecular formula is C10H12F12N2. The maximum absolute atomic E-state index is 13.2. The summed E-state index contributed by atoms with van der Waals surface area (Å²) in [5, 5.41) is 0. The van der Waals surface area contributed by atoms with Crippen molar-refractivity contribution in [3.05, 3.63) is 0 Å². The Morgan fingerprint density at radius 1 is 0.583 bits per heavy atom. The fourth-order valence-corrected chi connectivity index (χ4v) is 1.50. The van der Waals surface area contributed by atoms with Gasteiger partial charge in [-0.1, -0.05) is 6.92 Å². The summed E-state index contributed by atoms with van der Waals surface area (Å²) in [7, 11) is 0. The Morgan fingerprint density at radius 3 is 1.12 bits per heavy atom. The predicted molar refractivity (Wildman–Crippen MR) is 56.8 cm³/mol. The van der Waals surface area contributed by atoms with Gasteiger partial charge in [0.15, 0.2) is 0 Å². The van der Waals surface area contributed by atoms with Crippen LogP contribution in [0.1, 0.15) is 19.8 Å². The maximum atomic E-state index is 13.2. The van der Waals surface area contributed by atoms with E-state index in [0.29, 0.717) is 0 Å². The monoisotopic (exact) mass is 388 g/mol. The van der Waals surface area contributed by atoms with Crippen molar-refractivity contribution < 1.29 is 52.7 Å². The zero-order valence-corrected chi connectivity index (χ0v) is 11.7. The molecule has 0 spiro atoms. The minimum atomic E-state index is -7.56. The molecule has 0 rings (SSSR count). The Kier molecular flexibility index (Phi) is 5.87. The van der Waals surface area contributed by atoms with Crippen LogP contribution in [0.5, 0.6) is 0 Å². The Bertz CT molecular complexity index is 445. The van der Waals surface area contributed by atoms with Crippen LogP contribution in [0.15, 0.2) is 0 Å². The van der Waals surface area contributed by atoms with Gasteiger partial charge in [-0.3, -0.25) is 0 Å². The minimum Gasteiger partial charge on any atom is -0.316 e. The van der Waals surface area contributed by atoms with Crippen molar-refractivity contribution in [1.29, 1.82) is 0 Å². The SMILES string of the molecule is CCC(F)(F)C(F)(F)C(F)(F)C(F)(F)C(F)(F)C(F)(F)CC(N)N. The molecule has 0 unspecified atom stereocenters. The van der Waals surface area contributed by atoms with E-state index in [9.17, 15) is 52.7 Å². The molecule has 0 radical (unpaired) electrons. The molecule has 0 aromatic carbocycles. The molecule has 0 aliphatic rings. The predicted octanol–water partition coefficient (Wildman–Crippen LogP) is 3.84. The van der Waals surface area contributed by atoms with E-state index >= 15 is 0 Å². The van der Waals surface area contributed by atoms with Crippen molar-refractivity contribution in [3.8, 4) is 0 Å². The molecule has 0 aliphatic heterocycles. The first kappa shape index (κ1) is 23.1. The number of nitrogens with two attached hydrogens (primary N) is 2. The van der Waals surface area contributed by atoms with Gasteiger partial charge < -0.3 is 11.5 Å². The van der Waals surface area contributed by atoms with Crippen molar-refractivity contribution in [1.82, 2.24) is 0 Å². The van der Waals surface area contributed by atoms with Crippen LogP contribution in [0.4, 0.5) is 52.7 Å². The summed E-state index contributed by atoms with van der Waals surface area (Å²) in [4.78, 5) is 0. The van der Waals surface area contributed by atoms with Gasteiger partial charge in [0, 0.05) is 12.8 Å². The molecule has 0 saturated heterocycles. The van der Waals surface area contributed by atoms with E-state index in [1.807, 2.05) is 0 Å². The second-order valence-electron chi connectivity index (χ2n) is 4.93. The molecule has 2 nitrogen and oxygen atoms in total. The highest BCUT2D eigenvalue weighted by molar-refractivity contribution is 5.11. The number of hydrogen-bond donors (Lipinski definition) is 2. The van der Waals surface area contributed by atoms with Crippen LogP contribution in [0.3, 0.4) is 0 Å². The zero-order chi connectivity index (χ0) is 20.0. The molecule has 0 aliphatic carbocycles. The second kappa shape index (κ2) is 6.11. The second-order valence-corrected chi connectivity index (χ2v) is 4.93.